The van der Waals surface area contributed by atoms with Gasteiger partial charge < -0.3 is 10.1 Å². The second-order valence-electron chi connectivity index (χ2n) is 4.38. The van der Waals surface area contributed by atoms with Gasteiger partial charge in [0.05, 0.1) is 11.3 Å². The van der Waals surface area contributed by atoms with Gasteiger partial charge >= 0.3 is 0 Å². The van der Waals surface area contributed by atoms with E-state index in [1.807, 2.05) is 0 Å². The molecule has 0 aliphatic carbocycles. The highest BCUT2D eigenvalue weighted by Gasteiger charge is 2.07. The molecule has 3 N–H and O–H groups in total. The van der Waals surface area contributed by atoms with Gasteiger partial charge in [-0.15, -0.1) is 0 Å². The Kier molecular flexibility index (Phi) is 7.79. The minimum absolute atomic E-state index is 0.0104. The number of hydrogen-bond donors (Lipinski definition) is 3. The second-order valence-corrected chi connectivity index (χ2v) is 4.78. The lowest BCUT2D eigenvalue weighted by atomic mass is 10.1. The number of hydrogen-bond acceptors (Lipinski definition) is 5. The molecule has 0 atom stereocenters. The lowest BCUT2D eigenvalue weighted by molar-refractivity contribution is -0.384. The molecule has 1 aromatic rings. The quantitative estimate of drug-likeness (QED) is 0.293. The molecule has 0 heterocycles. The third-order valence-corrected chi connectivity index (χ3v) is 2.88. The van der Waals surface area contributed by atoms with Crippen LogP contribution in [-0.4, -0.2) is 36.2 Å². The van der Waals surface area contributed by atoms with E-state index < -0.39 is 4.92 Å². The fourth-order valence-electron chi connectivity index (χ4n) is 1.55. The summed E-state index contributed by atoms with van der Waals surface area (Å²) in [6.07, 6.45) is 0.895. The number of rotatable bonds is 7. The summed E-state index contributed by atoms with van der Waals surface area (Å²) in [7, 11) is 1.62. The van der Waals surface area contributed by atoms with E-state index in [0.717, 1.165) is 6.42 Å². The summed E-state index contributed by atoms with van der Waals surface area (Å²) < 4.78 is 4.90. The summed E-state index contributed by atoms with van der Waals surface area (Å²) in [5, 5.41) is 13.7. The van der Waals surface area contributed by atoms with Crippen LogP contribution in [0.1, 0.15) is 12.0 Å². The number of benzene rings is 1. The SMILES string of the molecule is COCCCNC(=S)NNC(=O)Cc1ccc([N+](=O)[O-])cc1. The van der Waals surface area contributed by atoms with Gasteiger partial charge in [-0.1, -0.05) is 12.1 Å². The number of carbonyl (C=O) groups is 1. The van der Waals surface area contributed by atoms with Crippen molar-refractivity contribution in [2.45, 2.75) is 12.8 Å². The Labute approximate surface area is 133 Å². The molecular weight excluding hydrogens is 308 g/mol. The molecule has 0 radical (unpaired) electrons. The molecule has 1 rings (SSSR count). The second kappa shape index (κ2) is 9.64. The van der Waals surface area contributed by atoms with Crippen LogP contribution in [0.3, 0.4) is 0 Å². The van der Waals surface area contributed by atoms with E-state index in [9.17, 15) is 14.9 Å². The number of carbonyl (C=O) groups excluding carboxylic acids is 1. The molecule has 0 spiro atoms. The summed E-state index contributed by atoms with van der Waals surface area (Å²) in [4.78, 5) is 21.7. The third-order valence-electron chi connectivity index (χ3n) is 2.64. The smallest absolute Gasteiger partial charge is 0.269 e. The molecule has 0 saturated carbocycles. The number of nitrogens with one attached hydrogen (secondary N) is 3. The number of thiocarbonyl (C=S) groups is 1. The van der Waals surface area contributed by atoms with Crippen molar-refractivity contribution in [3.8, 4) is 0 Å². The highest BCUT2D eigenvalue weighted by molar-refractivity contribution is 7.80. The molecule has 0 aliphatic rings. The first-order valence-corrected chi connectivity index (χ1v) is 6.98. The van der Waals surface area contributed by atoms with Crippen molar-refractivity contribution < 1.29 is 14.5 Å². The number of hydrazine groups is 1. The topological polar surface area (TPSA) is 106 Å². The van der Waals surface area contributed by atoms with Crippen LogP contribution in [0.5, 0.6) is 0 Å². The molecule has 9 heteroatoms. The molecule has 1 amide bonds. The highest BCUT2D eigenvalue weighted by atomic mass is 32.1. The van der Waals surface area contributed by atoms with Gasteiger partial charge in [-0.2, -0.15) is 0 Å². The Bertz CT molecular complexity index is 521. The van der Waals surface area contributed by atoms with Gasteiger partial charge in [0.15, 0.2) is 5.11 Å². The molecule has 0 saturated heterocycles. The van der Waals surface area contributed by atoms with E-state index in [1.165, 1.54) is 12.1 Å². The average Bonchev–Trinajstić information content (AvgIpc) is 2.50. The summed E-state index contributed by atoms with van der Waals surface area (Å²) in [5.74, 6) is -0.296. The largest absolute Gasteiger partial charge is 0.385 e. The fourth-order valence-corrected chi connectivity index (χ4v) is 1.71. The zero-order valence-electron chi connectivity index (χ0n) is 12.1. The highest BCUT2D eigenvalue weighted by Crippen LogP contribution is 2.11. The minimum Gasteiger partial charge on any atom is -0.385 e. The number of nitro groups is 1. The summed E-state index contributed by atoms with van der Waals surface area (Å²) in [6, 6.07) is 5.80. The van der Waals surface area contributed by atoms with Crippen LogP contribution in [0, 0.1) is 10.1 Å². The van der Waals surface area contributed by atoms with Gasteiger partial charge in [-0.05, 0) is 24.2 Å². The number of nitrogens with zero attached hydrogens (tertiary/aromatic N) is 1. The van der Waals surface area contributed by atoms with Crippen LogP contribution in [0.15, 0.2) is 24.3 Å². The Balaban J connectivity index is 2.28. The van der Waals surface area contributed by atoms with Crippen molar-refractivity contribution in [2.24, 2.45) is 0 Å². The van der Waals surface area contributed by atoms with Crippen molar-refractivity contribution in [3.05, 3.63) is 39.9 Å². The van der Waals surface area contributed by atoms with E-state index in [0.29, 0.717) is 23.8 Å². The number of amides is 1. The first-order chi connectivity index (χ1) is 10.5. The Morgan fingerprint density at radius 2 is 2.00 bits per heavy atom. The summed E-state index contributed by atoms with van der Waals surface area (Å²) in [5.41, 5.74) is 5.69. The van der Waals surface area contributed by atoms with E-state index in [2.05, 4.69) is 16.2 Å². The predicted octanol–water partition coefficient (Wildman–Crippen LogP) is 0.669. The van der Waals surface area contributed by atoms with Crippen molar-refractivity contribution >= 4 is 28.9 Å². The monoisotopic (exact) mass is 326 g/mol. The Hall–Kier alpha value is -2.26. The molecule has 120 valence electrons. The fraction of sp³-hybridized carbons (Fsp3) is 0.385. The number of methoxy groups -OCH3 is 1. The molecule has 0 bridgehead atoms. The van der Waals surface area contributed by atoms with Crippen molar-refractivity contribution in [1.82, 2.24) is 16.2 Å². The van der Waals surface area contributed by atoms with Crippen molar-refractivity contribution in [2.75, 3.05) is 20.3 Å². The van der Waals surface area contributed by atoms with Gasteiger partial charge in [0, 0.05) is 32.4 Å². The maximum Gasteiger partial charge on any atom is 0.269 e. The molecule has 0 unspecified atom stereocenters. The van der Waals surface area contributed by atoms with Gasteiger partial charge in [-0.25, -0.2) is 0 Å². The number of ether oxygens (including phenoxy) is 1. The normalized spacial score (nSPS) is 9.86. The molecule has 1 aromatic carbocycles. The van der Waals surface area contributed by atoms with E-state index in [1.54, 1.807) is 19.2 Å². The van der Waals surface area contributed by atoms with Crippen molar-refractivity contribution in [3.63, 3.8) is 0 Å². The predicted molar refractivity (Wildman–Crippen MR) is 85.2 cm³/mol. The van der Waals surface area contributed by atoms with Crippen molar-refractivity contribution in [1.29, 1.82) is 0 Å². The van der Waals surface area contributed by atoms with E-state index >= 15 is 0 Å². The van der Waals surface area contributed by atoms with Gasteiger partial charge in [-0.3, -0.25) is 25.8 Å². The van der Waals surface area contributed by atoms with Crippen LogP contribution in [0.25, 0.3) is 0 Å². The zero-order valence-corrected chi connectivity index (χ0v) is 12.9. The van der Waals surface area contributed by atoms with Crippen LogP contribution in [-0.2, 0) is 16.0 Å². The molecule has 8 nitrogen and oxygen atoms in total. The summed E-state index contributed by atoms with van der Waals surface area (Å²) >= 11 is 4.98. The number of nitro benzene ring substituents is 1. The molecule has 0 fully saturated rings. The van der Waals surface area contributed by atoms with Crippen LogP contribution < -0.4 is 16.2 Å². The van der Waals surface area contributed by atoms with E-state index in [-0.39, 0.29) is 18.0 Å². The van der Waals surface area contributed by atoms with Crippen LogP contribution in [0.4, 0.5) is 5.69 Å². The van der Waals surface area contributed by atoms with Crippen LogP contribution in [0.2, 0.25) is 0 Å². The molecular formula is C13H18N4O4S. The minimum atomic E-state index is -0.487. The Morgan fingerprint density at radius 1 is 1.32 bits per heavy atom. The molecule has 22 heavy (non-hydrogen) atoms. The standard InChI is InChI=1S/C13H18N4O4S/c1-21-8-2-7-14-13(22)16-15-12(18)9-10-3-5-11(6-4-10)17(19)20/h3-6H,2,7-9H2,1H3,(H,15,18)(H2,14,16,22). The maximum absolute atomic E-state index is 11.7. The average molecular weight is 326 g/mol. The maximum atomic E-state index is 11.7. The third kappa shape index (κ3) is 6.95. The first kappa shape index (κ1) is 17.8. The molecule has 0 aromatic heterocycles. The summed E-state index contributed by atoms with van der Waals surface area (Å²) in [6.45, 7) is 1.26. The first-order valence-electron chi connectivity index (χ1n) is 6.58. The lowest BCUT2D eigenvalue weighted by Gasteiger charge is -2.11. The molecule has 0 aliphatic heterocycles. The Morgan fingerprint density at radius 3 is 2.59 bits per heavy atom. The van der Waals surface area contributed by atoms with E-state index in [4.69, 9.17) is 17.0 Å². The van der Waals surface area contributed by atoms with Gasteiger partial charge in [0.2, 0.25) is 5.91 Å². The van der Waals surface area contributed by atoms with Crippen LogP contribution >= 0.6 is 12.2 Å². The number of non-ortho nitro benzene ring substituents is 1. The van der Waals surface area contributed by atoms with Gasteiger partial charge in [0.25, 0.3) is 5.69 Å². The lowest BCUT2D eigenvalue weighted by Crippen LogP contribution is -2.47. The van der Waals surface area contributed by atoms with Gasteiger partial charge in [0.1, 0.15) is 0 Å². The zero-order chi connectivity index (χ0) is 16.4.